The summed E-state index contributed by atoms with van der Waals surface area (Å²) in [5, 5.41) is 11.5. The van der Waals surface area contributed by atoms with E-state index in [1.165, 1.54) is 12.1 Å². The first-order valence-corrected chi connectivity index (χ1v) is 7.23. The van der Waals surface area contributed by atoms with Crippen LogP contribution in [-0.4, -0.2) is 14.5 Å². The number of aromatic nitrogens is 2. The van der Waals surface area contributed by atoms with E-state index in [-0.39, 0.29) is 11.2 Å². The van der Waals surface area contributed by atoms with Crippen LogP contribution in [0.4, 0.5) is 5.69 Å². The van der Waals surface area contributed by atoms with Gasteiger partial charge < -0.3 is 4.57 Å². The number of fused-ring (bicyclic) bond motifs is 1. The highest BCUT2D eigenvalue weighted by Gasteiger charge is 2.13. The molecule has 0 atom stereocenters. The molecule has 6 nitrogen and oxygen atoms in total. The molecule has 1 aromatic heterocycles. The maximum atomic E-state index is 12.4. The van der Waals surface area contributed by atoms with E-state index in [1.54, 1.807) is 29.7 Å². The maximum absolute atomic E-state index is 12.4. The Hall–Kier alpha value is -2.73. The predicted molar refractivity (Wildman–Crippen MR) is 87.9 cm³/mol. The number of rotatable bonds is 3. The van der Waals surface area contributed by atoms with Crippen LogP contribution >= 0.6 is 11.6 Å². The van der Waals surface area contributed by atoms with Crippen molar-refractivity contribution in [2.45, 2.75) is 13.5 Å². The summed E-state index contributed by atoms with van der Waals surface area (Å²) in [4.78, 5) is 27.0. The van der Waals surface area contributed by atoms with E-state index in [0.29, 0.717) is 28.3 Å². The van der Waals surface area contributed by atoms with Gasteiger partial charge in [-0.1, -0.05) is 23.7 Å². The molecular weight excluding hydrogens is 318 g/mol. The van der Waals surface area contributed by atoms with Gasteiger partial charge in [-0.2, -0.15) is 0 Å². The van der Waals surface area contributed by atoms with Crippen LogP contribution in [0.15, 0.2) is 47.3 Å². The Kier molecular flexibility index (Phi) is 3.83. The normalized spacial score (nSPS) is 10.9. The van der Waals surface area contributed by atoms with E-state index in [2.05, 4.69) is 4.98 Å². The average Bonchev–Trinajstić information content (AvgIpc) is 2.51. The van der Waals surface area contributed by atoms with Gasteiger partial charge in [-0.3, -0.25) is 14.9 Å². The van der Waals surface area contributed by atoms with E-state index in [1.807, 2.05) is 12.1 Å². The first kappa shape index (κ1) is 15.2. The Labute approximate surface area is 136 Å². The summed E-state index contributed by atoms with van der Waals surface area (Å²) in [5.74, 6) is 0. The number of nitro benzene ring substituents is 1. The second-order valence-electron chi connectivity index (χ2n) is 5.15. The zero-order valence-corrected chi connectivity index (χ0v) is 12.9. The van der Waals surface area contributed by atoms with Gasteiger partial charge in [-0.05, 0) is 30.7 Å². The molecule has 23 heavy (non-hydrogen) atoms. The molecule has 1 heterocycles. The van der Waals surface area contributed by atoms with Crippen molar-refractivity contribution in [3.63, 3.8) is 0 Å². The van der Waals surface area contributed by atoms with E-state index >= 15 is 0 Å². The minimum absolute atomic E-state index is 0.0580. The number of hydrogen-bond acceptors (Lipinski definition) is 4. The van der Waals surface area contributed by atoms with E-state index in [4.69, 9.17) is 11.6 Å². The zero-order valence-electron chi connectivity index (χ0n) is 12.2. The summed E-state index contributed by atoms with van der Waals surface area (Å²) in [6, 6.07) is 11.5. The summed E-state index contributed by atoms with van der Waals surface area (Å²) < 4.78 is 1.55. The lowest BCUT2D eigenvalue weighted by Gasteiger charge is -2.11. The molecule has 3 rings (SSSR count). The van der Waals surface area contributed by atoms with Crippen LogP contribution in [0.5, 0.6) is 0 Å². The van der Waals surface area contributed by atoms with Crippen LogP contribution in [0.2, 0.25) is 5.02 Å². The van der Waals surface area contributed by atoms with Crippen LogP contribution < -0.4 is 5.56 Å². The van der Waals surface area contributed by atoms with Crippen molar-refractivity contribution in [2.24, 2.45) is 0 Å². The Morgan fingerprint density at radius 2 is 2.04 bits per heavy atom. The summed E-state index contributed by atoms with van der Waals surface area (Å²) in [6.07, 6.45) is 0. The highest BCUT2D eigenvalue weighted by molar-refractivity contribution is 6.30. The molecular formula is C16H12ClN3O3. The molecule has 7 heteroatoms. The SMILES string of the molecule is Cc1nc2cc([N+](=O)[O-])ccc2n(Cc2cccc(Cl)c2)c1=O. The van der Waals surface area contributed by atoms with Crippen LogP contribution in [0.1, 0.15) is 11.3 Å². The fourth-order valence-electron chi connectivity index (χ4n) is 2.45. The summed E-state index contributed by atoms with van der Waals surface area (Å²) >= 11 is 5.98. The zero-order chi connectivity index (χ0) is 16.6. The van der Waals surface area contributed by atoms with Gasteiger partial charge in [0.05, 0.1) is 22.5 Å². The van der Waals surface area contributed by atoms with Gasteiger partial charge in [0.25, 0.3) is 11.2 Å². The van der Waals surface area contributed by atoms with Crippen molar-refractivity contribution in [3.05, 3.63) is 79.2 Å². The largest absolute Gasteiger partial charge is 0.301 e. The third-order valence-electron chi connectivity index (χ3n) is 3.53. The molecule has 0 saturated heterocycles. The molecule has 0 saturated carbocycles. The van der Waals surface area contributed by atoms with Crippen LogP contribution in [-0.2, 0) is 6.54 Å². The van der Waals surface area contributed by atoms with Gasteiger partial charge in [0.15, 0.2) is 0 Å². The molecule has 0 unspecified atom stereocenters. The highest BCUT2D eigenvalue weighted by atomic mass is 35.5. The van der Waals surface area contributed by atoms with Crippen molar-refractivity contribution in [3.8, 4) is 0 Å². The van der Waals surface area contributed by atoms with Crippen LogP contribution in [0.25, 0.3) is 11.0 Å². The fraction of sp³-hybridized carbons (Fsp3) is 0.125. The number of nitro groups is 1. The van der Waals surface area contributed by atoms with E-state index in [9.17, 15) is 14.9 Å². The van der Waals surface area contributed by atoms with Crippen LogP contribution in [0, 0.1) is 17.0 Å². The van der Waals surface area contributed by atoms with Gasteiger partial charge in [0.1, 0.15) is 5.69 Å². The predicted octanol–water partition coefficient (Wildman–Crippen LogP) is 3.31. The second kappa shape index (κ2) is 5.81. The number of benzene rings is 2. The molecule has 0 aliphatic heterocycles. The van der Waals surface area contributed by atoms with Gasteiger partial charge in [-0.15, -0.1) is 0 Å². The smallest absolute Gasteiger partial charge is 0.272 e. The van der Waals surface area contributed by atoms with Crippen LogP contribution in [0.3, 0.4) is 0 Å². The second-order valence-corrected chi connectivity index (χ2v) is 5.58. The van der Waals surface area contributed by atoms with Gasteiger partial charge in [-0.25, -0.2) is 4.98 Å². The number of non-ortho nitro benzene ring substituents is 1. The summed E-state index contributed by atoms with van der Waals surface area (Å²) in [7, 11) is 0. The number of halogens is 1. The summed E-state index contributed by atoms with van der Waals surface area (Å²) in [5.41, 5.74) is 1.83. The molecule has 116 valence electrons. The van der Waals surface area contributed by atoms with Gasteiger partial charge >= 0.3 is 0 Å². The Morgan fingerprint density at radius 3 is 2.74 bits per heavy atom. The maximum Gasteiger partial charge on any atom is 0.272 e. The molecule has 0 aliphatic carbocycles. The first-order valence-electron chi connectivity index (χ1n) is 6.86. The van der Waals surface area contributed by atoms with Crippen molar-refractivity contribution < 1.29 is 4.92 Å². The van der Waals surface area contributed by atoms with Crippen molar-refractivity contribution in [1.29, 1.82) is 0 Å². The third-order valence-corrected chi connectivity index (χ3v) is 3.77. The fourth-order valence-corrected chi connectivity index (χ4v) is 2.66. The molecule has 0 amide bonds. The van der Waals surface area contributed by atoms with E-state index in [0.717, 1.165) is 5.56 Å². The Morgan fingerprint density at radius 1 is 1.26 bits per heavy atom. The van der Waals surface area contributed by atoms with E-state index < -0.39 is 4.92 Å². The molecule has 0 fully saturated rings. The average molecular weight is 330 g/mol. The molecule has 0 spiro atoms. The Bertz CT molecular complexity index is 982. The third kappa shape index (κ3) is 2.93. The lowest BCUT2D eigenvalue weighted by molar-refractivity contribution is -0.384. The quantitative estimate of drug-likeness (QED) is 0.545. The molecule has 0 bridgehead atoms. The van der Waals surface area contributed by atoms with Crippen molar-refractivity contribution in [1.82, 2.24) is 9.55 Å². The van der Waals surface area contributed by atoms with Gasteiger partial charge in [0.2, 0.25) is 0 Å². The highest BCUT2D eigenvalue weighted by Crippen LogP contribution is 2.20. The minimum atomic E-state index is -0.483. The monoisotopic (exact) mass is 329 g/mol. The molecule has 0 aliphatic rings. The van der Waals surface area contributed by atoms with Gasteiger partial charge in [0, 0.05) is 17.2 Å². The molecule has 0 N–H and O–H groups in total. The van der Waals surface area contributed by atoms with Crippen molar-refractivity contribution in [2.75, 3.05) is 0 Å². The summed E-state index contributed by atoms with van der Waals surface area (Å²) in [6.45, 7) is 1.91. The number of nitrogens with zero attached hydrogens (tertiary/aromatic N) is 3. The first-order chi connectivity index (χ1) is 11.0. The molecule has 0 radical (unpaired) electrons. The Balaban J connectivity index is 2.20. The standard InChI is InChI=1S/C16H12ClN3O3/c1-10-16(21)19(9-11-3-2-4-12(17)7-11)15-6-5-13(20(22)23)8-14(15)18-10/h2-8H,9H2,1H3. The lowest BCUT2D eigenvalue weighted by atomic mass is 10.2. The topological polar surface area (TPSA) is 78.0 Å². The number of aryl methyl sites for hydroxylation is 1. The number of hydrogen-bond donors (Lipinski definition) is 0. The molecule has 3 aromatic rings. The minimum Gasteiger partial charge on any atom is -0.301 e. The van der Waals surface area contributed by atoms with Crippen molar-refractivity contribution >= 4 is 28.3 Å². The molecule has 2 aromatic carbocycles. The lowest BCUT2D eigenvalue weighted by Crippen LogP contribution is -2.24.